The maximum atomic E-state index is 11.9. The maximum absolute atomic E-state index is 11.9. The molecule has 1 aromatic carbocycles. The van der Waals surface area contributed by atoms with Gasteiger partial charge in [-0.3, -0.25) is 14.4 Å². The molecule has 23 heavy (non-hydrogen) atoms. The SMILES string of the molecule is CCOC(=O)CC(C)=NNC(=O)c1ccc(NC(=O)CC)cc1. The van der Waals surface area contributed by atoms with Crippen molar-refractivity contribution in [2.75, 3.05) is 11.9 Å². The Balaban J connectivity index is 2.57. The number of hydrogen-bond acceptors (Lipinski definition) is 5. The molecule has 1 rings (SSSR count). The average molecular weight is 319 g/mol. The first kappa shape index (κ1) is 18.3. The molecular formula is C16H21N3O4. The van der Waals surface area contributed by atoms with Crippen molar-refractivity contribution in [2.24, 2.45) is 5.10 Å². The van der Waals surface area contributed by atoms with E-state index in [4.69, 9.17) is 4.74 Å². The molecule has 0 aliphatic carbocycles. The fourth-order valence-electron chi connectivity index (χ4n) is 1.63. The summed E-state index contributed by atoms with van der Waals surface area (Å²) in [6.45, 7) is 5.41. The summed E-state index contributed by atoms with van der Waals surface area (Å²) in [7, 11) is 0. The van der Waals surface area contributed by atoms with Crippen LogP contribution < -0.4 is 10.7 Å². The minimum Gasteiger partial charge on any atom is -0.466 e. The number of rotatable bonds is 7. The van der Waals surface area contributed by atoms with Crippen molar-refractivity contribution >= 4 is 29.2 Å². The third kappa shape index (κ3) is 6.73. The minimum atomic E-state index is -0.401. The van der Waals surface area contributed by atoms with Gasteiger partial charge in [0.05, 0.1) is 13.0 Å². The summed E-state index contributed by atoms with van der Waals surface area (Å²) >= 11 is 0. The van der Waals surface area contributed by atoms with Crippen molar-refractivity contribution < 1.29 is 19.1 Å². The van der Waals surface area contributed by atoms with Crippen molar-refractivity contribution in [3.63, 3.8) is 0 Å². The molecule has 0 fully saturated rings. The number of benzene rings is 1. The lowest BCUT2D eigenvalue weighted by atomic mass is 10.2. The predicted octanol–water partition coefficient (Wildman–Crippen LogP) is 2.09. The van der Waals surface area contributed by atoms with E-state index in [9.17, 15) is 14.4 Å². The Morgan fingerprint density at radius 2 is 1.78 bits per heavy atom. The van der Waals surface area contributed by atoms with Crippen molar-refractivity contribution in [1.29, 1.82) is 0 Å². The monoisotopic (exact) mass is 319 g/mol. The number of hydrazone groups is 1. The molecule has 0 radical (unpaired) electrons. The van der Waals surface area contributed by atoms with E-state index in [1.807, 2.05) is 0 Å². The molecule has 124 valence electrons. The zero-order valence-electron chi connectivity index (χ0n) is 13.5. The van der Waals surface area contributed by atoms with Crippen molar-refractivity contribution in [2.45, 2.75) is 33.6 Å². The molecule has 7 nitrogen and oxygen atoms in total. The van der Waals surface area contributed by atoms with Crippen molar-refractivity contribution in [3.8, 4) is 0 Å². The van der Waals surface area contributed by atoms with Gasteiger partial charge in [-0.05, 0) is 38.1 Å². The van der Waals surface area contributed by atoms with Crippen LogP contribution in [0.25, 0.3) is 0 Å². The maximum Gasteiger partial charge on any atom is 0.311 e. The first-order valence-corrected chi connectivity index (χ1v) is 7.35. The molecule has 0 aliphatic heterocycles. The van der Waals surface area contributed by atoms with Crippen LogP contribution in [0.5, 0.6) is 0 Å². The normalized spacial score (nSPS) is 10.8. The van der Waals surface area contributed by atoms with E-state index < -0.39 is 5.91 Å². The molecule has 0 spiro atoms. The van der Waals surface area contributed by atoms with E-state index in [0.717, 1.165) is 0 Å². The molecule has 0 atom stereocenters. The van der Waals surface area contributed by atoms with Gasteiger partial charge >= 0.3 is 5.97 Å². The number of carbonyl (C=O) groups excluding carboxylic acids is 3. The summed E-state index contributed by atoms with van der Waals surface area (Å²) in [5.41, 5.74) is 3.84. The Morgan fingerprint density at radius 3 is 2.35 bits per heavy atom. The van der Waals surface area contributed by atoms with Gasteiger partial charge in [-0.25, -0.2) is 5.43 Å². The van der Waals surface area contributed by atoms with E-state index in [0.29, 0.717) is 30.0 Å². The summed E-state index contributed by atoms with van der Waals surface area (Å²) in [5.74, 6) is -0.887. The fraction of sp³-hybridized carbons (Fsp3) is 0.375. The first-order chi connectivity index (χ1) is 11.0. The summed E-state index contributed by atoms with van der Waals surface area (Å²) in [5, 5.41) is 6.55. The predicted molar refractivity (Wildman–Crippen MR) is 87.2 cm³/mol. The van der Waals surface area contributed by atoms with E-state index in [1.165, 1.54) is 0 Å². The molecule has 7 heteroatoms. The molecule has 0 saturated heterocycles. The van der Waals surface area contributed by atoms with Gasteiger partial charge in [-0.1, -0.05) is 6.92 Å². The highest BCUT2D eigenvalue weighted by molar-refractivity contribution is 6.00. The lowest BCUT2D eigenvalue weighted by molar-refractivity contribution is -0.141. The van der Waals surface area contributed by atoms with E-state index >= 15 is 0 Å². The van der Waals surface area contributed by atoms with Gasteiger partial charge in [0.1, 0.15) is 0 Å². The second-order valence-corrected chi connectivity index (χ2v) is 4.75. The number of esters is 1. The molecule has 0 unspecified atom stereocenters. The molecular weight excluding hydrogens is 298 g/mol. The standard InChI is InChI=1S/C16H21N3O4/c1-4-14(20)17-13-8-6-12(7-9-13)16(22)19-18-11(3)10-15(21)23-5-2/h6-9H,4-5,10H2,1-3H3,(H,17,20)(H,19,22). The highest BCUT2D eigenvalue weighted by atomic mass is 16.5. The second kappa shape index (κ2) is 9.34. The molecule has 0 heterocycles. The summed E-state index contributed by atoms with van der Waals surface area (Å²) < 4.78 is 4.79. The number of hydrogen-bond donors (Lipinski definition) is 2. The van der Waals surface area contributed by atoms with Crippen LogP contribution in [0.1, 0.15) is 44.0 Å². The van der Waals surface area contributed by atoms with Gasteiger partial charge in [0.15, 0.2) is 0 Å². The topological polar surface area (TPSA) is 96.9 Å². The number of ether oxygens (including phenoxy) is 1. The van der Waals surface area contributed by atoms with E-state index in [2.05, 4.69) is 15.8 Å². The van der Waals surface area contributed by atoms with Gasteiger partial charge in [0.25, 0.3) is 5.91 Å². The Morgan fingerprint density at radius 1 is 1.13 bits per heavy atom. The van der Waals surface area contributed by atoms with Crippen LogP contribution in [0, 0.1) is 0 Å². The number of nitrogens with zero attached hydrogens (tertiary/aromatic N) is 1. The quantitative estimate of drug-likeness (QED) is 0.457. The Labute approximate surface area is 135 Å². The number of amides is 2. The van der Waals surface area contributed by atoms with Crippen LogP contribution in [-0.4, -0.2) is 30.1 Å². The first-order valence-electron chi connectivity index (χ1n) is 7.35. The molecule has 0 saturated carbocycles. The zero-order valence-corrected chi connectivity index (χ0v) is 13.5. The number of anilines is 1. The van der Waals surface area contributed by atoms with Crippen LogP contribution in [0.3, 0.4) is 0 Å². The molecule has 0 aliphatic rings. The van der Waals surface area contributed by atoms with Gasteiger partial charge in [-0.2, -0.15) is 5.10 Å². The number of nitrogens with one attached hydrogen (secondary N) is 2. The zero-order chi connectivity index (χ0) is 17.2. The Kier molecular flexibility index (Phi) is 7.45. The van der Waals surface area contributed by atoms with Crippen LogP contribution >= 0.6 is 0 Å². The largest absolute Gasteiger partial charge is 0.466 e. The molecule has 2 N–H and O–H groups in total. The lowest BCUT2D eigenvalue weighted by Gasteiger charge is -2.05. The summed E-state index contributed by atoms with van der Waals surface area (Å²) in [6, 6.07) is 6.43. The Hall–Kier alpha value is -2.70. The molecule has 1 aromatic rings. The molecule has 2 amide bonds. The third-order valence-corrected chi connectivity index (χ3v) is 2.81. The van der Waals surface area contributed by atoms with Crippen LogP contribution in [0.15, 0.2) is 29.4 Å². The van der Waals surface area contributed by atoms with Gasteiger partial charge in [0, 0.05) is 23.4 Å². The molecule has 0 bridgehead atoms. The van der Waals surface area contributed by atoms with Crippen LogP contribution in [0.2, 0.25) is 0 Å². The fourth-order valence-corrected chi connectivity index (χ4v) is 1.63. The van der Waals surface area contributed by atoms with Crippen molar-refractivity contribution in [1.82, 2.24) is 5.43 Å². The number of carbonyl (C=O) groups is 3. The summed E-state index contributed by atoms with van der Waals surface area (Å²) in [4.78, 5) is 34.5. The van der Waals surface area contributed by atoms with Crippen LogP contribution in [0.4, 0.5) is 5.69 Å². The lowest BCUT2D eigenvalue weighted by Crippen LogP contribution is -2.20. The summed E-state index contributed by atoms with van der Waals surface area (Å²) in [6.07, 6.45) is 0.410. The highest BCUT2D eigenvalue weighted by Crippen LogP contribution is 2.10. The Bertz CT molecular complexity index is 594. The van der Waals surface area contributed by atoms with Gasteiger partial charge < -0.3 is 10.1 Å². The van der Waals surface area contributed by atoms with E-state index in [1.54, 1.807) is 45.0 Å². The average Bonchev–Trinajstić information content (AvgIpc) is 2.53. The third-order valence-electron chi connectivity index (χ3n) is 2.81. The second-order valence-electron chi connectivity index (χ2n) is 4.75. The minimum absolute atomic E-state index is 0.0239. The van der Waals surface area contributed by atoms with Gasteiger partial charge in [0.2, 0.25) is 5.91 Å². The van der Waals surface area contributed by atoms with E-state index in [-0.39, 0.29) is 18.3 Å². The molecule has 0 aromatic heterocycles. The smallest absolute Gasteiger partial charge is 0.311 e. The van der Waals surface area contributed by atoms with Crippen LogP contribution in [-0.2, 0) is 14.3 Å². The highest BCUT2D eigenvalue weighted by Gasteiger charge is 2.07. The van der Waals surface area contributed by atoms with Crippen molar-refractivity contribution in [3.05, 3.63) is 29.8 Å². The van der Waals surface area contributed by atoms with Gasteiger partial charge in [-0.15, -0.1) is 0 Å².